The molecule has 0 radical (unpaired) electrons. The van der Waals surface area contributed by atoms with E-state index in [-0.39, 0.29) is 15.3 Å². The van der Waals surface area contributed by atoms with Crippen LogP contribution in [0.1, 0.15) is 54.1 Å². The van der Waals surface area contributed by atoms with E-state index in [2.05, 4.69) is 13.8 Å². The molecule has 0 bridgehead atoms. The van der Waals surface area contributed by atoms with Gasteiger partial charge in [-0.25, -0.2) is 4.79 Å². The number of rotatable bonds is 1. The van der Waals surface area contributed by atoms with E-state index in [1.807, 2.05) is 30.4 Å². The molecule has 1 aliphatic carbocycles. The molecule has 2 aliphatic rings. The van der Waals surface area contributed by atoms with Crippen molar-refractivity contribution < 1.29 is 14.3 Å². The SMILES string of the molecule is Cc1c(C(=O)O)oc2c1C1(CC(C)(C)C2)SCCCS1. The van der Waals surface area contributed by atoms with Gasteiger partial charge in [-0.1, -0.05) is 13.8 Å². The Morgan fingerprint density at radius 2 is 1.95 bits per heavy atom. The predicted octanol–water partition coefficient (Wildman–Crippen LogP) is 4.28. The molecule has 3 rings (SSSR count). The van der Waals surface area contributed by atoms with Crippen LogP contribution in [0.2, 0.25) is 0 Å². The van der Waals surface area contributed by atoms with Crippen molar-refractivity contribution in [3.63, 3.8) is 0 Å². The fourth-order valence-corrected chi connectivity index (χ4v) is 7.50. The van der Waals surface area contributed by atoms with Crippen molar-refractivity contribution in [1.29, 1.82) is 0 Å². The number of carboxylic acid groups (broad SMARTS) is 1. The lowest BCUT2D eigenvalue weighted by Gasteiger charge is -2.45. The summed E-state index contributed by atoms with van der Waals surface area (Å²) in [6.45, 7) is 6.42. The van der Waals surface area contributed by atoms with Crippen LogP contribution in [0.5, 0.6) is 0 Å². The van der Waals surface area contributed by atoms with Crippen molar-refractivity contribution in [3.05, 3.63) is 22.6 Å². The number of fused-ring (bicyclic) bond motifs is 2. The minimum Gasteiger partial charge on any atom is -0.475 e. The van der Waals surface area contributed by atoms with Gasteiger partial charge in [0.05, 0.1) is 4.08 Å². The summed E-state index contributed by atoms with van der Waals surface area (Å²) in [6, 6.07) is 0. The number of hydrogen-bond donors (Lipinski definition) is 1. The highest BCUT2D eigenvalue weighted by molar-refractivity contribution is 8.18. The highest BCUT2D eigenvalue weighted by atomic mass is 32.2. The summed E-state index contributed by atoms with van der Waals surface area (Å²) >= 11 is 3.96. The highest BCUT2D eigenvalue weighted by Crippen LogP contribution is 2.61. The summed E-state index contributed by atoms with van der Waals surface area (Å²) in [4.78, 5) is 11.4. The van der Waals surface area contributed by atoms with E-state index in [9.17, 15) is 9.90 Å². The van der Waals surface area contributed by atoms with Crippen LogP contribution in [0.3, 0.4) is 0 Å². The number of furan rings is 1. The quantitative estimate of drug-likeness (QED) is 0.838. The normalized spacial score (nSPS) is 23.6. The first kappa shape index (κ1) is 14.4. The molecule has 1 aromatic heterocycles. The molecule has 5 heteroatoms. The van der Waals surface area contributed by atoms with Gasteiger partial charge in [-0.15, -0.1) is 23.5 Å². The molecule has 110 valence electrons. The second-order valence-electron chi connectivity index (χ2n) is 6.48. The Balaban J connectivity index is 2.17. The minimum absolute atomic E-state index is 0.00336. The Morgan fingerprint density at radius 3 is 2.55 bits per heavy atom. The Kier molecular flexibility index (Phi) is 3.41. The molecule has 1 aromatic rings. The van der Waals surface area contributed by atoms with Crippen LogP contribution in [0.25, 0.3) is 0 Å². The standard InChI is InChI=1S/C15H20O3S2/c1-9-11-10(18-12(9)13(16)17)7-14(2,3)8-15(11)19-5-4-6-20-15/h4-8H2,1-3H3,(H,16,17). The fourth-order valence-electron chi connectivity index (χ4n) is 3.44. The number of thioether (sulfide) groups is 2. The first-order chi connectivity index (χ1) is 9.35. The summed E-state index contributed by atoms with van der Waals surface area (Å²) < 4.78 is 5.73. The van der Waals surface area contributed by atoms with Crippen LogP contribution in [-0.2, 0) is 10.5 Å². The third-order valence-electron chi connectivity index (χ3n) is 4.10. The van der Waals surface area contributed by atoms with Crippen molar-refractivity contribution in [2.45, 2.75) is 44.1 Å². The van der Waals surface area contributed by atoms with Crippen LogP contribution in [0.15, 0.2) is 4.42 Å². The van der Waals surface area contributed by atoms with E-state index in [0.717, 1.165) is 35.7 Å². The first-order valence-electron chi connectivity index (χ1n) is 6.99. The highest BCUT2D eigenvalue weighted by Gasteiger charge is 2.49. The van der Waals surface area contributed by atoms with Crippen molar-refractivity contribution in [1.82, 2.24) is 0 Å². The molecule has 20 heavy (non-hydrogen) atoms. The second kappa shape index (κ2) is 4.73. The molecule has 1 aliphatic heterocycles. The topological polar surface area (TPSA) is 50.4 Å². The number of hydrogen-bond acceptors (Lipinski definition) is 4. The summed E-state index contributed by atoms with van der Waals surface area (Å²) in [7, 11) is 0. The van der Waals surface area contributed by atoms with Gasteiger partial charge >= 0.3 is 5.97 Å². The van der Waals surface area contributed by atoms with Crippen molar-refractivity contribution in [3.8, 4) is 0 Å². The Hall–Kier alpha value is -0.550. The van der Waals surface area contributed by atoms with Gasteiger partial charge in [0.1, 0.15) is 5.76 Å². The third-order valence-corrected chi connectivity index (χ3v) is 7.43. The molecular weight excluding hydrogens is 292 g/mol. The van der Waals surface area contributed by atoms with Gasteiger partial charge in [-0.3, -0.25) is 0 Å². The molecule has 0 aromatic carbocycles. The van der Waals surface area contributed by atoms with E-state index in [1.165, 1.54) is 12.0 Å². The largest absolute Gasteiger partial charge is 0.475 e. The predicted molar refractivity (Wildman–Crippen MR) is 83.7 cm³/mol. The lowest BCUT2D eigenvalue weighted by molar-refractivity contribution is 0.0657. The molecule has 1 N–H and O–H groups in total. The van der Waals surface area contributed by atoms with Crippen molar-refractivity contribution >= 4 is 29.5 Å². The lowest BCUT2D eigenvalue weighted by Crippen LogP contribution is -2.36. The summed E-state index contributed by atoms with van der Waals surface area (Å²) in [6.07, 6.45) is 3.15. The van der Waals surface area contributed by atoms with Crippen LogP contribution in [-0.4, -0.2) is 22.6 Å². The van der Waals surface area contributed by atoms with Crippen LogP contribution in [0, 0.1) is 12.3 Å². The maximum absolute atomic E-state index is 11.4. The van der Waals surface area contributed by atoms with Gasteiger partial charge in [-0.2, -0.15) is 0 Å². The molecule has 0 amide bonds. The van der Waals surface area contributed by atoms with Crippen LogP contribution in [0.4, 0.5) is 0 Å². The van der Waals surface area contributed by atoms with Gasteiger partial charge in [0.2, 0.25) is 5.76 Å². The number of carbonyl (C=O) groups is 1. The lowest BCUT2D eigenvalue weighted by atomic mass is 9.76. The molecule has 1 spiro atoms. The van der Waals surface area contributed by atoms with Gasteiger partial charge < -0.3 is 9.52 Å². The molecule has 0 unspecified atom stereocenters. The van der Waals surface area contributed by atoms with Gasteiger partial charge in [-0.05, 0) is 36.7 Å². The molecule has 3 nitrogen and oxygen atoms in total. The van der Waals surface area contributed by atoms with Crippen molar-refractivity contribution in [2.75, 3.05) is 11.5 Å². The van der Waals surface area contributed by atoms with E-state index in [4.69, 9.17) is 4.42 Å². The zero-order valence-electron chi connectivity index (χ0n) is 12.1. The number of aromatic carboxylic acids is 1. The average Bonchev–Trinajstić information content (AvgIpc) is 2.66. The fraction of sp³-hybridized carbons (Fsp3) is 0.667. The Labute approximate surface area is 127 Å². The zero-order valence-corrected chi connectivity index (χ0v) is 13.7. The molecule has 0 atom stereocenters. The van der Waals surface area contributed by atoms with Crippen LogP contribution >= 0.6 is 23.5 Å². The van der Waals surface area contributed by atoms with E-state index in [1.54, 1.807) is 0 Å². The summed E-state index contributed by atoms with van der Waals surface area (Å²) in [5.74, 6) is 2.39. The molecule has 0 saturated carbocycles. The second-order valence-corrected chi connectivity index (χ2v) is 9.53. The third kappa shape index (κ3) is 2.19. The molecule has 1 saturated heterocycles. The Morgan fingerprint density at radius 1 is 1.30 bits per heavy atom. The average molecular weight is 312 g/mol. The maximum atomic E-state index is 11.4. The van der Waals surface area contributed by atoms with E-state index in [0.29, 0.717) is 0 Å². The Bertz CT molecular complexity index is 554. The van der Waals surface area contributed by atoms with Crippen molar-refractivity contribution in [2.24, 2.45) is 5.41 Å². The monoisotopic (exact) mass is 312 g/mol. The van der Waals surface area contributed by atoms with E-state index >= 15 is 0 Å². The first-order valence-corrected chi connectivity index (χ1v) is 8.96. The van der Waals surface area contributed by atoms with Gasteiger partial charge in [0.25, 0.3) is 0 Å². The summed E-state index contributed by atoms with van der Waals surface area (Å²) in [5, 5.41) is 9.32. The smallest absolute Gasteiger partial charge is 0.372 e. The number of carboxylic acids is 1. The van der Waals surface area contributed by atoms with E-state index < -0.39 is 5.97 Å². The van der Waals surface area contributed by atoms with Gasteiger partial charge in [0.15, 0.2) is 0 Å². The maximum Gasteiger partial charge on any atom is 0.372 e. The minimum atomic E-state index is -0.948. The summed E-state index contributed by atoms with van der Waals surface area (Å²) in [5.41, 5.74) is 2.17. The van der Waals surface area contributed by atoms with Gasteiger partial charge in [0, 0.05) is 17.5 Å². The van der Waals surface area contributed by atoms with Crippen LogP contribution < -0.4 is 0 Å². The molecular formula is C15H20O3S2. The molecule has 2 heterocycles. The zero-order chi connectivity index (χ0) is 14.5. The molecule has 1 fully saturated rings.